The highest BCUT2D eigenvalue weighted by Crippen LogP contribution is 2.19. The monoisotopic (exact) mass is 279 g/mol. The van der Waals surface area contributed by atoms with Gasteiger partial charge in [0.15, 0.2) is 0 Å². The molecule has 0 aliphatic heterocycles. The van der Waals surface area contributed by atoms with E-state index in [2.05, 4.69) is 41.2 Å². The molecule has 1 aliphatic rings. The van der Waals surface area contributed by atoms with Crippen LogP contribution in [0.5, 0.6) is 0 Å². The zero-order chi connectivity index (χ0) is 14.2. The van der Waals surface area contributed by atoms with Crippen molar-refractivity contribution < 1.29 is 4.74 Å². The molecule has 20 heavy (non-hydrogen) atoms. The van der Waals surface area contributed by atoms with E-state index in [1.807, 2.05) is 0 Å². The molecule has 1 N–H and O–H groups in total. The molecule has 1 atom stereocenters. The van der Waals surface area contributed by atoms with E-state index in [9.17, 15) is 0 Å². The molecule has 114 valence electrons. The largest absolute Gasteiger partial charge is 0.377 e. The van der Waals surface area contributed by atoms with Crippen LogP contribution in [-0.2, 0) is 11.3 Å². The van der Waals surface area contributed by atoms with Crippen LogP contribution in [-0.4, -0.2) is 29.0 Å². The van der Waals surface area contributed by atoms with Gasteiger partial charge in [-0.3, -0.25) is 4.68 Å². The molecule has 1 saturated carbocycles. The van der Waals surface area contributed by atoms with Crippen LogP contribution in [0.4, 0.5) is 0 Å². The van der Waals surface area contributed by atoms with Crippen molar-refractivity contribution in [3.8, 4) is 0 Å². The Bertz CT molecular complexity index is 372. The number of aromatic nitrogens is 2. The zero-order valence-electron chi connectivity index (χ0n) is 13.0. The summed E-state index contributed by atoms with van der Waals surface area (Å²) in [4.78, 5) is 0. The van der Waals surface area contributed by atoms with Crippen LogP contribution < -0.4 is 5.32 Å². The minimum absolute atomic E-state index is 0.485. The van der Waals surface area contributed by atoms with Gasteiger partial charge in [0.25, 0.3) is 0 Å². The molecule has 2 rings (SSSR count). The molecule has 1 fully saturated rings. The average molecular weight is 279 g/mol. The third-order valence-electron chi connectivity index (χ3n) is 4.20. The SMILES string of the molecule is CCC(C)n1ccc(CNCCOC2CCCCC2)n1. The number of rotatable bonds is 8. The fraction of sp³-hybridized carbons (Fsp3) is 0.812. The van der Waals surface area contributed by atoms with Crippen molar-refractivity contribution in [3.63, 3.8) is 0 Å². The fourth-order valence-corrected chi connectivity index (χ4v) is 2.65. The van der Waals surface area contributed by atoms with Gasteiger partial charge in [0.2, 0.25) is 0 Å². The van der Waals surface area contributed by atoms with Gasteiger partial charge in [0.1, 0.15) is 0 Å². The summed E-state index contributed by atoms with van der Waals surface area (Å²) < 4.78 is 7.94. The summed E-state index contributed by atoms with van der Waals surface area (Å²) in [7, 11) is 0. The van der Waals surface area contributed by atoms with Gasteiger partial charge in [-0.25, -0.2) is 0 Å². The van der Waals surface area contributed by atoms with Crippen LogP contribution in [0.25, 0.3) is 0 Å². The van der Waals surface area contributed by atoms with Gasteiger partial charge in [-0.15, -0.1) is 0 Å². The second kappa shape index (κ2) is 8.42. The lowest BCUT2D eigenvalue weighted by molar-refractivity contribution is 0.0302. The molecule has 0 aromatic carbocycles. The van der Waals surface area contributed by atoms with Crippen LogP contribution >= 0.6 is 0 Å². The first-order valence-corrected chi connectivity index (χ1v) is 8.16. The predicted molar refractivity (Wildman–Crippen MR) is 81.8 cm³/mol. The quantitative estimate of drug-likeness (QED) is 0.742. The summed E-state index contributed by atoms with van der Waals surface area (Å²) in [6.45, 7) is 6.94. The van der Waals surface area contributed by atoms with Crippen LogP contribution in [0.2, 0.25) is 0 Å². The Hall–Kier alpha value is -0.870. The van der Waals surface area contributed by atoms with E-state index in [1.165, 1.54) is 32.1 Å². The average Bonchev–Trinajstić information content (AvgIpc) is 2.96. The van der Waals surface area contributed by atoms with Crippen molar-refractivity contribution in [2.24, 2.45) is 0 Å². The smallest absolute Gasteiger partial charge is 0.0762 e. The molecular weight excluding hydrogens is 250 g/mol. The molecule has 1 aromatic heterocycles. The van der Waals surface area contributed by atoms with Gasteiger partial charge in [-0.05, 0) is 32.3 Å². The van der Waals surface area contributed by atoms with Crippen LogP contribution in [0.15, 0.2) is 12.3 Å². The van der Waals surface area contributed by atoms with Gasteiger partial charge in [-0.2, -0.15) is 5.10 Å². The Balaban J connectivity index is 1.57. The Kier molecular flexibility index (Phi) is 6.54. The summed E-state index contributed by atoms with van der Waals surface area (Å²) in [5.74, 6) is 0. The third kappa shape index (κ3) is 4.91. The first-order chi connectivity index (χ1) is 9.79. The number of nitrogens with zero attached hydrogens (tertiary/aromatic N) is 2. The van der Waals surface area contributed by atoms with Crippen LogP contribution in [0, 0.1) is 0 Å². The number of hydrogen-bond donors (Lipinski definition) is 1. The van der Waals surface area contributed by atoms with Crippen molar-refractivity contribution in [1.82, 2.24) is 15.1 Å². The maximum atomic E-state index is 5.89. The molecule has 0 saturated heterocycles. The normalized spacial score (nSPS) is 18.3. The molecule has 1 aliphatic carbocycles. The summed E-state index contributed by atoms with van der Waals surface area (Å²) in [5.41, 5.74) is 1.11. The molecule has 1 aromatic rings. The summed E-state index contributed by atoms with van der Waals surface area (Å²) in [6.07, 6.45) is 10.3. The zero-order valence-corrected chi connectivity index (χ0v) is 13.0. The third-order valence-corrected chi connectivity index (χ3v) is 4.20. The second-order valence-corrected chi connectivity index (χ2v) is 5.85. The highest BCUT2D eigenvalue weighted by atomic mass is 16.5. The van der Waals surface area contributed by atoms with E-state index >= 15 is 0 Å². The van der Waals surface area contributed by atoms with Crippen LogP contribution in [0.3, 0.4) is 0 Å². The minimum atomic E-state index is 0.485. The molecular formula is C16H29N3O. The van der Waals surface area contributed by atoms with Crippen molar-refractivity contribution in [3.05, 3.63) is 18.0 Å². The van der Waals surface area contributed by atoms with E-state index in [-0.39, 0.29) is 0 Å². The summed E-state index contributed by atoms with van der Waals surface area (Å²) >= 11 is 0. The van der Waals surface area contributed by atoms with Gasteiger partial charge in [-0.1, -0.05) is 26.2 Å². The van der Waals surface area contributed by atoms with E-state index in [4.69, 9.17) is 4.74 Å². The number of ether oxygens (including phenoxy) is 1. The van der Waals surface area contributed by atoms with Gasteiger partial charge < -0.3 is 10.1 Å². The van der Waals surface area contributed by atoms with Gasteiger partial charge in [0.05, 0.1) is 18.4 Å². The molecule has 0 amide bonds. The first kappa shape index (κ1) is 15.5. The highest BCUT2D eigenvalue weighted by Gasteiger charge is 2.12. The molecule has 4 nitrogen and oxygen atoms in total. The summed E-state index contributed by atoms with van der Waals surface area (Å²) in [5, 5.41) is 7.99. The maximum absolute atomic E-state index is 5.89. The molecule has 0 radical (unpaired) electrons. The highest BCUT2D eigenvalue weighted by molar-refractivity contribution is 4.99. The Morgan fingerprint density at radius 1 is 1.40 bits per heavy atom. The maximum Gasteiger partial charge on any atom is 0.0762 e. The topological polar surface area (TPSA) is 39.1 Å². The van der Waals surface area contributed by atoms with Gasteiger partial charge >= 0.3 is 0 Å². The number of hydrogen-bond acceptors (Lipinski definition) is 3. The van der Waals surface area contributed by atoms with E-state index in [0.29, 0.717) is 12.1 Å². The van der Waals surface area contributed by atoms with E-state index in [0.717, 1.165) is 31.8 Å². The van der Waals surface area contributed by atoms with Crippen molar-refractivity contribution in [2.75, 3.05) is 13.2 Å². The standard InChI is InChI=1S/C16H29N3O/c1-3-14(2)19-11-9-15(18-19)13-17-10-12-20-16-7-5-4-6-8-16/h9,11,14,16-17H,3-8,10,12-13H2,1-2H3. The lowest BCUT2D eigenvalue weighted by Gasteiger charge is -2.21. The second-order valence-electron chi connectivity index (χ2n) is 5.85. The predicted octanol–water partition coefficient (Wildman–Crippen LogP) is 3.29. The van der Waals surface area contributed by atoms with E-state index in [1.54, 1.807) is 0 Å². The lowest BCUT2D eigenvalue weighted by Crippen LogP contribution is -2.24. The van der Waals surface area contributed by atoms with E-state index < -0.39 is 0 Å². The fourth-order valence-electron chi connectivity index (χ4n) is 2.65. The number of nitrogens with one attached hydrogen (secondary N) is 1. The Morgan fingerprint density at radius 2 is 2.20 bits per heavy atom. The van der Waals surface area contributed by atoms with Crippen molar-refractivity contribution in [2.45, 2.75) is 71.1 Å². The molecule has 0 bridgehead atoms. The van der Waals surface area contributed by atoms with Crippen molar-refractivity contribution >= 4 is 0 Å². The lowest BCUT2D eigenvalue weighted by atomic mass is 9.98. The molecule has 4 heteroatoms. The van der Waals surface area contributed by atoms with Gasteiger partial charge in [0, 0.05) is 25.3 Å². The Labute approximate surface area is 122 Å². The van der Waals surface area contributed by atoms with Crippen LogP contribution in [0.1, 0.15) is 64.1 Å². The minimum Gasteiger partial charge on any atom is -0.377 e. The van der Waals surface area contributed by atoms with Crippen molar-refractivity contribution in [1.29, 1.82) is 0 Å². The molecule has 0 spiro atoms. The molecule has 1 heterocycles. The first-order valence-electron chi connectivity index (χ1n) is 8.16. The summed E-state index contributed by atoms with van der Waals surface area (Å²) in [6, 6.07) is 2.58. The Morgan fingerprint density at radius 3 is 2.95 bits per heavy atom. The molecule has 1 unspecified atom stereocenters.